The number of hydrogen-bond acceptors (Lipinski definition) is 4. The molecule has 0 radical (unpaired) electrons. The molecule has 0 aliphatic carbocycles. The topological polar surface area (TPSA) is 61.9 Å². The smallest absolute Gasteiger partial charge is 0.407 e. The molecule has 1 N–H and O–H groups in total. The van der Waals surface area contributed by atoms with E-state index in [0.717, 1.165) is 52.0 Å². The van der Waals surface area contributed by atoms with Gasteiger partial charge in [0.05, 0.1) is 0 Å². The molecule has 0 atom stereocenters. The number of rotatable bonds is 8. The summed E-state index contributed by atoms with van der Waals surface area (Å²) < 4.78 is 5.19. The molecule has 1 aromatic carbocycles. The quantitative estimate of drug-likeness (QED) is 0.692. The maximum Gasteiger partial charge on any atom is 0.407 e. The van der Waals surface area contributed by atoms with Gasteiger partial charge in [-0.05, 0) is 39.2 Å². The SMILES string of the molecule is CC(C)(C)OC(=O)NCCCCCC(=O)N1CCN(Cc2ccccc2)CC1. The molecule has 0 aromatic heterocycles. The highest BCUT2D eigenvalue weighted by Gasteiger charge is 2.20. The maximum absolute atomic E-state index is 12.4. The van der Waals surface area contributed by atoms with Crippen LogP contribution < -0.4 is 5.32 Å². The van der Waals surface area contributed by atoms with Crippen LogP contribution in [0.3, 0.4) is 0 Å². The molecule has 1 saturated heterocycles. The van der Waals surface area contributed by atoms with Gasteiger partial charge in [0, 0.05) is 45.7 Å². The first-order chi connectivity index (χ1) is 13.3. The summed E-state index contributed by atoms with van der Waals surface area (Å²) in [5, 5.41) is 2.75. The predicted molar refractivity (Wildman–Crippen MR) is 111 cm³/mol. The fourth-order valence-corrected chi connectivity index (χ4v) is 3.24. The van der Waals surface area contributed by atoms with Gasteiger partial charge in [-0.3, -0.25) is 9.69 Å². The third kappa shape index (κ3) is 8.74. The van der Waals surface area contributed by atoms with E-state index in [4.69, 9.17) is 4.74 Å². The van der Waals surface area contributed by atoms with Crippen LogP contribution in [0.15, 0.2) is 30.3 Å². The van der Waals surface area contributed by atoms with E-state index in [-0.39, 0.29) is 12.0 Å². The van der Waals surface area contributed by atoms with Gasteiger partial charge in [-0.15, -0.1) is 0 Å². The molecule has 156 valence electrons. The van der Waals surface area contributed by atoms with Crippen LogP contribution in [-0.4, -0.2) is 60.1 Å². The number of unbranched alkanes of at least 4 members (excludes halogenated alkanes) is 2. The summed E-state index contributed by atoms with van der Waals surface area (Å²) in [5.74, 6) is 0.250. The summed E-state index contributed by atoms with van der Waals surface area (Å²) in [6, 6.07) is 10.5. The molecule has 2 rings (SSSR count). The molecule has 1 heterocycles. The van der Waals surface area contributed by atoms with Gasteiger partial charge in [-0.25, -0.2) is 4.79 Å². The molecule has 1 fully saturated rings. The molecule has 0 bridgehead atoms. The minimum atomic E-state index is -0.471. The normalized spacial score (nSPS) is 15.3. The fraction of sp³-hybridized carbons (Fsp3) is 0.636. The minimum absolute atomic E-state index is 0.250. The molecular formula is C22H35N3O3. The van der Waals surface area contributed by atoms with Gasteiger partial charge >= 0.3 is 6.09 Å². The van der Waals surface area contributed by atoms with Crippen LogP contribution in [-0.2, 0) is 16.1 Å². The lowest BCUT2D eigenvalue weighted by Gasteiger charge is -2.34. The Labute approximate surface area is 169 Å². The molecule has 28 heavy (non-hydrogen) atoms. The monoisotopic (exact) mass is 389 g/mol. The average molecular weight is 390 g/mol. The Kier molecular flexibility index (Phi) is 8.77. The van der Waals surface area contributed by atoms with Gasteiger partial charge in [0.1, 0.15) is 5.60 Å². The van der Waals surface area contributed by atoms with E-state index in [2.05, 4.69) is 34.5 Å². The van der Waals surface area contributed by atoms with Crippen molar-refractivity contribution in [3.63, 3.8) is 0 Å². The van der Waals surface area contributed by atoms with E-state index < -0.39 is 5.60 Å². The van der Waals surface area contributed by atoms with Gasteiger partial charge in [0.15, 0.2) is 0 Å². The Morgan fingerprint density at radius 3 is 2.32 bits per heavy atom. The van der Waals surface area contributed by atoms with Crippen LogP contribution in [0.4, 0.5) is 4.79 Å². The second-order valence-corrected chi connectivity index (χ2v) is 8.38. The average Bonchev–Trinajstić information content (AvgIpc) is 2.64. The van der Waals surface area contributed by atoms with Crippen molar-refractivity contribution in [2.75, 3.05) is 32.7 Å². The van der Waals surface area contributed by atoms with Crippen LogP contribution in [0.25, 0.3) is 0 Å². The molecule has 0 saturated carbocycles. The Morgan fingerprint density at radius 1 is 1.00 bits per heavy atom. The number of carbonyl (C=O) groups excluding carboxylic acids is 2. The number of benzene rings is 1. The number of amides is 2. The third-order valence-electron chi connectivity index (χ3n) is 4.71. The predicted octanol–water partition coefficient (Wildman–Crippen LogP) is 3.42. The summed E-state index contributed by atoms with van der Waals surface area (Å²) in [4.78, 5) is 28.3. The molecular weight excluding hydrogens is 354 g/mol. The van der Waals surface area contributed by atoms with Crippen molar-refractivity contribution in [1.29, 1.82) is 0 Å². The summed E-state index contributed by atoms with van der Waals surface area (Å²) >= 11 is 0. The van der Waals surface area contributed by atoms with Crippen LogP contribution in [0.5, 0.6) is 0 Å². The van der Waals surface area contributed by atoms with Gasteiger partial charge in [-0.2, -0.15) is 0 Å². The molecule has 1 aliphatic heterocycles. The molecule has 0 spiro atoms. The zero-order valence-electron chi connectivity index (χ0n) is 17.6. The van der Waals surface area contributed by atoms with Gasteiger partial charge < -0.3 is 15.0 Å². The highest BCUT2D eigenvalue weighted by Crippen LogP contribution is 2.11. The number of carbonyl (C=O) groups is 2. The van der Waals surface area contributed by atoms with Crippen molar-refractivity contribution in [2.45, 2.75) is 58.6 Å². The zero-order chi connectivity index (χ0) is 20.4. The molecule has 0 unspecified atom stereocenters. The number of alkyl carbamates (subject to hydrolysis) is 1. The van der Waals surface area contributed by atoms with Gasteiger partial charge in [0.2, 0.25) is 5.91 Å². The molecule has 1 aromatic rings. The number of nitrogens with one attached hydrogen (secondary N) is 1. The van der Waals surface area contributed by atoms with E-state index in [1.807, 2.05) is 31.7 Å². The Bertz CT molecular complexity index is 605. The van der Waals surface area contributed by atoms with E-state index >= 15 is 0 Å². The van der Waals surface area contributed by atoms with Crippen molar-refractivity contribution in [3.8, 4) is 0 Å². The standard InChI is InChI=1S/C22H35N3O3/c1-22(2,3)28-21(27)23-13-9-5-8-12-20(26)25-16-14-24(15-17-25)18-19-10-6-4-7-11-19/h4,6-7,10-11H,5,8-9,12-18H2,1-3H3,(H,23,27). The molecule has 1 aliphatic rings. The second kappa shape index (κ2) is 11.1. The number of ether oxygens (including phenoxy) is 1. The first-order valence-corrected chi connectivity index (χ1v) is 10.3. The summed E-state index contributed by atoms with van der Waals surface area (Å²) in [7, 11) is 0. The summed E-state index contributed by atoms with van der Waals surface area (Å²) in [5.41, 5.74) is 0.851. The van der Waals surface area contributed by atoms with E-state index in [1.165, 1.54) is 5.56 Å². The minimum Gasteiger partial charge on any atom is -0.444 e. The molecule has 6 heteroatoms. The van der Waals surface area contributed by atoms with Gasteiger partial charge in [-0.1, -0.05) is 36.8 Å². The third-order valence-corrected chi connectivity index (χ3v) is 4.71. The van der Waals surface area contributed by atoms with E-state index in [0.29, 0.717) is 13.0 Å². The highest BCUT2D eigenvalue weighted by atomic mass is 16.6. The van der Waals surface area contributed by atoms with Crippen LogP contribution in [0.1, 0.15) is 52.0 Å². The molecule has 2 amide bonds. The maximum atomic E-state index is 12.4. The van der Waals surface area contributed by atoms with Crippen molar-refractivity contribution >= 4 is 12.0 Å². The summed E-state index contributed by atoms with van der Waals surface area (Å²) in [6.45, 7) is 10.6. The fourth-order valence-electron chi connectivity index (χ4n) is 3.24. The van der Waals surface area contributed by atoms with Gasteiger partial charge in [0.25, 0.3) is 0 Å². The largest absolute Gasteiger partial charge is 0.444 e. The zero-order valence-corrected chi connectivity index (χ0v) is 17.6. The highest BCUT2D eigenvalue weighted by molar-refractivity contribution is 5.76. The summed E-state index contributed by atoms with van der Waals surface area (Å²) in [6.07, 6.45) is 2.86. The lowest BCUT2D eigenvalue weighted by atomic mass is 10.1. The van der Waals surface area contributed by atoms with Crippen LogP contribution in [0.2, 0.25) is 0 Å². The van der Waals surface area contributed by atoms with E-state index in [1.54, 1.807) is 0 Å². The second-order valence-electron chi connectivity index (χ2n) is 8.38. The van der Waals surface area contributed by atoms with Crippen molar-refractivity contribution in [2.24, 2.45) is 0 Å². The van der Waals surface area contributed by atoms with Crippen LogP contribution in [0, 0.1) is 0 Å². The molecule has 6 nitrogen and oxygen atoms in total. The Morgan fingerprint density at radius 2 is 1.68 bits per heavy atom. The van der Waals surface area contributed by atoms with Crippen LogP contribution >= 0.6 is 0 Å². The first-order valence-electron chi connectivity index (χ1n) is 10.3. The lowest BCUT2D eigenvalue weighted by Crippen LogP contribution is -2.48. The number of piperazine rings is 1. The first kappa shape index (κ1) is 22.2. The number of hydrogen-bond donors (Lipinski definition) is 1. The van der Waals surface area contributed by atoms with Crippen molar-refractivity contribution in [3.05, 3.63) is 35.9 Å². The van der Waals surface area contributed by atoms with Crippen molar-refractivity contribution < 1.29 is 14.3 Å². The lowest BCUT2D eigenvalue weighted by molar-refractivity contribution is -0.133. The Hall–Kier alpha value is -2.08. The van der Waals surface area contributed by atoms with E-state index in [9.17, 15) is 9.59 Å². The Balaban J connectivity index is 1.53. The van der Waals surface area contributed by atoms with Crippen molar-refractivity contribution in [1.82, 2.24) is 15.1 Å². The number of nitrogens with zero attached hydrogens (tertiary/aromatic N) is 2.